The lowest BCUT2D eigenvalue weighted by atomic mass is 10.1. The first-order valence-electron chi connectivity index (χ1n) is 10.0. The van der Waals surface area contributed by atoms with Gasteiger partial charge in [-0.1, -0.05) is 24.6 Å². The van der Waals surface area contributed by atoms with Gasteiger partial charge in [-0.05, 0) is 69.6 Å². The zero-order valence-corrected chi connectivity index (χ0v) is 17.0. The van der Waals surface area contributed by atoms with Crippen LogP contribution in [0.2, 0.25) is 0 Å². The quantitative estimate of drug-likeness (QED) is 0.777. The van der Waals surface area contributed by atoms with Crippen LogP contribution in [0.1, 0.15) is 31.7 Å². The van der Waals surface area contributed by atoms with E-state index in [9.17, 15) is 4.79 Å². The molecule has 2 aromatic rings. The van der Waals surface area contributed by atoms with Crippen LogP contribution in [0.4, 0.5) is 5.69 Å². The minimum Gasteiger partial charge on any atom is -0.490 e. The van der Waals surface area contributed by atoms with Gasteiger partial charge in [-0.15, -0.1) is 0 Å². The van der Waals surface area contributed by atoms with Crippen molar-refractivity contribution in [2.24, 2.45) is 0 Å². The van der Waals surface area contributed by atoms with Crippen LogP contribution in [0.15, 0.2) is 48.5 Å². The predicted octanol–water partition coefficient (Wildman–Crippen LogP) is 4.26. The average Bonchev–Trinajstić information content (AvgIpc) is 2.70. The molecule has 0 aromatic heterocycles. The van der Waals surface area contributed by atoms with Crippen molar-refractivity contribution in [1.29, 1.82) is 0 Å². The second-order valence-corrected chi connectivity index (χ2v) is 7.46. The Balaban J connectivity index is 1.53. The number of likely N-dealkylation sites (tertiary alicyclic amines) is 1. The Morgan fingerprint density at radius 3 is 2.29 bits per heavy atom. The molecule has 1 aliphatic rings. The maximum atomic E-state index is 12.6. The van der Waals surface area contributed by atoms with Gasteiger partial charge in [0.2, 0.25) is 0 Å². The molecule has 2 aromatic carbocycles. The number of nitrogens with zero attached hydrogens (tertiary/aromatic N) is 1. The van der Waals surface area contributed by atoms with E-state index in [1.807, 2.05) is 62.4 Å². The fourth-order valence-electron chi connectivity index (χ4n) is 3.24. The molecule has 28 heavy (non-hydrogen) atoms. The molecule has 0 radical (unpaired) electrons. The van der Waals surface area contributed by atoms with Crippen LogP contribution >= 0.6 is 0 Å². The molecule has 3 rings (SSSR count). The fraction of sp³-hybridized carbons (Fsp3) is 0.435. The Morgan fingerprint density at radius 1 is 1.07 bits per heavy atom. The number of amides is 1. The summed E-state index contributed by atoms with van der Waals surface area (Å²) in [7, 11) is 2.14. The summed E-state index contributed by atoms with van der Waals surface area (Å²) in [5.74, 6) is 1.40. The Kier molecular flexibility index (Phi) is 6.93. The van der Waals surface area contributed by atoms with Gasteiger partial charge in [0, 0.05) is 18.8 Å². The van der Waals surface area contributed by atoms with Crippen molar-refractivity contribution in [2.45, 2.75) is 45.3 Å². The molecule has 0 unspecified atom stereocenters. The molecule has 0 bridgehead atoms. The number of piperidine rings is 1. The molecule has 5 heteroatoms. The lowest BCUT2D eigenvalue weighted by molar-refractivity contribution is -0.122. The van der Waals surface area contributed by atoms with Crippen molar-refractivity contribution in [1.82, 2.24) is 4.90 Å². The van der Waals surface area contributed by atoms with E-state index in [1.165, 1.54) is 0 Å². The number of hydrogen-bond donors (Lipinski definition) is 1. The van der Waals surface area contributed by atoms with Gasteiger partial charge in [-0.3, -0.25) is 4.79 Å². The van der Waals surface area contributed by atoms with Gasteiger partial charge in [0.25, 0.3) is 5.91 Å². The molecular formula is C23H30N2O3. The summed E-state index contributed by atoms with van der Waals surface area (Å²) in [6.07, 6.45) is 2.42. The van der Waals surface area contributed by atoms with Crippen molar-refractivity contribution in [2.75, 3.05) is 25.5 Å². The Morgan fingerprint density at radius 2 is 1.68 bits per heavy atom. The zero-order chi connectivity index (χ0) is 19.9. The van der Waals surface area contributed by atoms with Gasteiger partial charge in [-0.25, -0.2) is 0 Å². The number of hydrogen-bond acceptors (Lipinski definition) is 4. The van der Waals surface area contributed by atoms with Crippen LogP contribution in [-0.4, -0.2) is 43.2 Å². The number of carbonyl (C=O) groups excluding carboxylic acids is 1. The van der Waals surface area contributed by atoms with Crippen molar-refractivity contribution in [3.63, 3.8) is 0 Å². The lowest BCUT2D eigenvalue weighted by Gasteiger charge is -2.29. The standard InChI is InChI=1S/C23H30N2O3/c1-4-22(28-20-9-5-17(2)6-10-20)23(26)24-18-7-11-19(12-8-18)27-21-13-15-25(3)16-14-21/h5-12,21-22H,4,13-16H2,1-3H3,(H,24,26)/t22-/m0/s1. The van der Waals surface area contributed by atoms with E-state index in [0.717, 1.165) is 42.9 Å². The summed E-state index contributed by atoms with van der Waals surface area (Å²) in [5.41, 5.74) is 1.90. The first-order valence-corrected chi connectivity index (χ1v) is 10.0. The number of benzene rings is 2. The highest BCUT2D eigenvalue weighted by Crippen LogP contribution is 2.21. The molecule has 0 aliphatic carbocycles. The smallest absolute Gasteiger partial charge is 0.265 e. The van der Waals surface area contributed by atoms with E-state index in [0.29, 0.717) is 12.2 Å². The second kappa shape index (κ2) is 9.60. The molecular weight excluding hydrogens is 352 g/mol. The number of rotatable bonds is 7. The second-order valence-electron chi connectivity index (χ2n) is 7.46. The summed E-state index contributed by atoms with van der Waals surface area (Å²) in [6.45, 7) is 6.10. The van der Waals surface area contributed by atoms with Crippen molar-refractivity contribution in [3.05, 3.63) is 54.1 Å². The van der Waals surface area contributed by atoms with Gasteiger partial charge in [-0.2, -0.15) is 0 Å². The summed E-state index contributed by atoms with van der Waals surface area (Å²) >= 11 is 0. The van der Waals surface area contributed by atoms with Gasteiger partial charge in [0.15, 0.2) is 6.10 Å². The number of ether oxygens (including phenoxy) is 2. The Hall–Kier alpha value is -2.53. The normalized spacial score (nSPS) is 16.4. The van der Waals surface area contributed by atoms with Crippen molar-refractivity contribution < 1.29 is 14.3 Å². The molecule has 5 nitrogen and oxygen atoms in total. The van der Waals surface area contributed by atoms with Crippen LogP contribution < -0.4 is 14.8 Å². The maximum Gasteiger partial charge on any atom is 0.265 e. The van der Waals surface area contributed by atoms with Crippen LogP contribution in [0.5, 0.6) is 11.5 Å². The SMILES string of the molecule is CC[C@H](Oc1ccc(C)cc1)C(=O)Nc1ccc(OC2CCN(C)CC2)cc1. The summed E-state index contributed by atoms with van der Waals surface area (Å²) in [6, 6.07) is 15.3. The minimum atomic E-state index is -0.530. The number of nitrogens with one attached hydrogen (secondary N) is 1. The maximum absolute atomic E-state index is 12.6. The first-order chi connectivity index (χ1) is 13.5. The lowest BCUT2D eigenvalue weighted by Crippen LogP contribution is -2.35. The van der Waals surface area contributed by atoms with E-state index < -0.39 is 6.10 Å². The zero-order valence-electron chi connectivity index (χ0n) is 17.0. The van der Waals surface area contributed by atoms with E-state index in [4.69, 9.17) is 9.47 Å². The topological polar surface area (TPSA) is 50.8 Å². The summed E-state index contributed by atoms with van der Waals surface area (Å²) < 4.78 is 11.9. The van der Waals surface area contributed by atoms with Crippen molar-refractivity contribution in [3.8, 4) is 11.5 Å². The Labute approximate surface area is 167 Å². The van der Waals surface area contributed by atoms with Gasteiger partial charge < -0.3 is 19.7 Å². The molecule has 1 heterocycles. The van der Waals surface area contributed by atoms with Gasteiger partial charge in [0.1, 0.15) is 17.6 Å². The number of anilines is 1. The number of carbonyl (C=O) groups is 1. The summed E-state index contributed by atoms with van der Waals surface area (Å²) in [5, 5.41) is 2.94. The molecule has 1 saturated heterocycles. The van der Waals surface area contributed by atoms with Crippen LogP contribution in [0, 0.1) is 6.92 Å². The highest BCUT2D eigenvalue weighted by Gasteiger charge is 2.20. The molecule has 1 N–H and O–H groups in total. The molecule has 1 aliphatic heterocycles. The molecule has 0 saturated carbocycles. The van der Waals surface area contributed by atoms with Crippen molar-refractivity contribution >= 4 is 11.6 Å². The van der Waals surface area contributed by atoms with E-state index in [2.05, 4.69) is 17.3 Å². The van der Waals surface area contributed by atoms with E-state index in [1.54, 1.807) is 0 Å². The van der Waals surface area contributed by atoms with Gasteiger partial charge >= 0.3 is 0 Å². The third-order valence-electron chi connectivity index (χ3n) is 5.05. The largest absolute Gasteiger partial charge is 0.490 e. The van der Waals surface area contributed by atoms with Gasteiger partial charge in [0.05, 0.1) is 0 Å². The molecule has 1 atom stereocenters. The highest BCUT2D eigenvalue weighted by molar-refractivity contribution is 5.94. The fourth-order valence-corrected chi connectivity index (χ4v) is 3.24. The Bertz CT molecular complexity index is 750. The highest BCUT2D eigenvalue weighted by atomic mass is 16.5. The van der Waals surface area contributed by atoms with Crippen LogP contribution in [0.3, 0.4) is 0 Å². The van der Waals surface area contributed by atoms with Crippen LogP contribution in [0.25, 0.3) is 0 Å². The van der Waals surface area contributed by atoms with E-state index in [-0.39, 0.29) is 12.0 Å². The number of aryl methyl sites for hydroxylation is 1. The molecule has 1 amide bonds. The average molecular weight is 383 g/mol. The third kappa shape index (κ3) is 5.73. The minimum absolute atomic E-state index is 0.146. The first kappa shape index (κ1) is 20.2. The summed E-state index contributed by atoms with van der Waals surface area (Å²) in [4.78, 5) is 14.9. The third-order valence-corrected chi connectivity index (χ3v) is 5.05. The molecule has 1 fully saturated rings. The molecule has 0 spiro atoms. The van der Waals surface area contributed by atoms with Crippen LogP contribution in [-0.2, 0) is 4.79 Å². The van der Waals surface area contributed by atoms with E-state index >= 15 is 0 Å². The molecule has 150 valence electrons. The predicted molar refractivity (Wildman–Crippen MR) is 112 cm³/mol. The monoisotopic (exact) mass is 382 g/mol.